The van der Waals surface area contributed by atoms with Crippen LogP contribution < -0.4 is 0 Å². The van der Waals surface area contributed by atoms with Gasteiger partial charge in [0.05, 0.1) is 12.8 Å². The first-order valence-electron chi connectivity index (χ1n) is 10.1. The molecule has 2 aromatic heterocycles. The summed E-state index contributed by atoms with van der Waals surface area (Å²) in [7, 11) is 0. The van der Waals surface area contributed by atoms with Crippen molar-refractivity contribution < 1.29 is 33.2 Å². The number of rotatable bonds is 5. The predicted molar refractivity (Wildman–Crippen MR) is 115 cm³/mol. The van der Waals surface area contributed by atoms with Crippen LogP contribution in [0.15, 0.2) is 41.7 Å². The Bertz CT molecular complexity index is 1230. The molecule has 5 atom stereocenters. The molecule has 1 aliphatic rings. The lowest BCUT2D eigenvalue weighted by atomic mass is 9.97. The number of ether oxygens (including phenoxy) is 1. The molecular weight excluding hydrogens is 473 g/mol. The number of hydrogen-bond donors (Lipinski definition) is 3. The monoisotopic (exact) mass is 492 g/mol. The lowest BCUT2D eigenvalue weighted by molar-refractivity contribution is -0.178. The summed E-state index contributed by atoms with van der Waals surface area (Å²) in [5.41, 5.74) is -0.00328. The summed E-state index contributed by atoms with van der Waals surface area (Å²) < 4.78 is 47.5. The molecule has 3 aromatic rings. The minimum Gasteiger partial charge on any atom is -0.394 e. The van der Waals surface area contributed by atoms with Crippen LogP contribution in [0.2, 0.25) is 0 Å². The molecule has 1 aliphatic heterocycles. The zero-order valence-corrected chi connectivity index (χ0v) is 18.5. The van der Waals surface area contributed by atoms with Crippen LogP contribution in [0, 0.1) is 30.9 Å². The molecule has 0 saturated carbocycles. The van der Waals surface area contributed by atoms with Gasteiger partial charge in [-0.25, -0.2) is 13.2 Å². The standard InChI is InChI=1S/C22H19F3N4O4S/c1-10-3-16(21(26-2)27-6-10)34-22-20(32)18(19(31)15(9-30)33-22)29-8-12(7-28-29)11-4-13(23)17(25)14(24)5-11/h3-8,15,18-20,22,30-32H,9H2,1H3/t15?,18-,19-,20?,22+/m0/s1. The lowest BCUT2D eigenvalue weighted by Gasteiger charge is -2.42. The third kappa shape index (κ3) is 4.53. The maximum atomic E-state index is 13.7. The Labute approximate surface area is 196 Å². The number of halogens is 3. The molecule has 4 rings (SSSR count). The van der Waals surface area contributed by atoms with E-state index in [1.54, 1.807) is 13.0 Å². The number of benzene rings is 1. The van der Waals surface area contributed by atoms with Gasteiger partial charge >= 0.3 is 0 Å². The number of aliphatic hydroxyl groups is 3. The van der Waals surface area contributed by atoms with Gasteiger partial charge in [0, 0.05) is 16.7 Å². The summed E-state index contributed by atoms with van der Waals surface area (Å²) in [6.45, 7) is 8.53. The van der Waals surface area contributed by atoms with Crippen LogP contribution in [0.1, 0.15) is 11.6 Å². The van der Waals surface area contributed by atoms with Crippen LogP contribution in [-0.4, -0.2) is 60.4 Å². The Balaban J connectivity index is 1.66. The number of hydrogen-bond acceptors (Lipinski definition) is 7. The Morgan fingerprint density at radius 3 is 2.47 bits per heavy atom. The fraction of sp³-hybridized carbons (Fsp3) is 0.318. The van der Waals surface area contributed by atoms with Gasteiger partial charge in [0.15, 0.2) is 17.5 Å². The van der Waals surface area contributed by atoms with E-state index in [9.17, 15) is 28.5 Å². The van der Waals surface area contributed by atoms with Gasteiger partial charge < -0.3 is 24.9 Å². The van der Waals surface area contributed by atoms with Crippen LogP contribution >= 0.6 is 11.8 Å². The third-order valence-electron chi connectivity index (χ3n) is 5.39. The van der Waals surface area contributed by atoms with E-state index in [4.69, 9.17) is 11.3 Å². The summed E-state index contributed by atoms with van der Waals surface area (Å²) in [4.78, 5) is 7.88. The summed E-state index contributed by atoms with van der Waals surface area (Å²) in [6, 6.07) is 2.21. The normalized spacial score (nSPS) is 24.7. The number of aryl methyl sites for hydroxylation is 1. The van der Waals surface area contributed by atoms with Gasteiger partial charge in [-0.1, -0.05) is 12.6 Å². The van der Waals surface area contributed by atoms with E-state index in [2.05, 4.69) is 14.9 Å². The average Bonchev–Trinajstić information content (AvgIpc) is 3.29. The topological polar surface area (TPSA) is 105 Å². The van der Waals surface area contributed by atoms with Crippen molar-refractivity contribution in [2.45, 2.75) is 41.6 Å². The molecule has 0 radical (unpaired) electrons. The van der Waals surface area contributed by atoms with E-state index in [1.165, 1.54) is 23.3 Å². The van der Waals surface area contributed by atoms with E-state index in [-0.39, 0.29) is 16.9 Å². The summed E-state index contributed by atoms with van der Waals surface area (Å²) >= 11 is 1.01. The Hall–Kier alpha value is -2.95. The van der Waals surface area contributed by atoms with Crippen molar-refractivity contribution in [2.24, 2.45) is 0 Å². The minimum absolute atomic E-state index is 0.0101. The molecule has 3 heterocycles. The Kier molecular flexibility index (Phi) is 6.92. The number of aromatic nitrogens is 3. The van der Waals surface area contributed by atoms with Gasteiger partial charge in [0.1, 0.15) is 36.0 Å². The van der Waals surface area contributed by atoms with Crippen LogP contribution in [0.5, 0.6) is 0 Å². The molecule has 0 spiro atoms. The van der Waals surface area contributed by atoms with Gasteiger partial charge in [-0.05, 0) is 30.2 Å². The largest absolute Gasteiger partial charge is 0.394 e. The van der Waals surface area contributed by atoms with Gasteiger partial charge in [-0.2, -0.15) is 5.10 Å². The first-order valence-corrected chi connectivity index (χ1v) is 10.9. The average molecular weight is 492 g/mol. The number of aliphatic hydroxyl groups excluding tert-OH is 3. The van der Waals surface area contributed by atoms with E-state index < -0.39 is 53.8 Å². The zero-order valence-electron chi connectivity index (χ0n) is 17.6. The molecule has 8 nitrogen and oxygen atoms in total. The second-order valence-electron chi connectivity index (χ2n) is 7.72. The number of pyridine rings is 1. The molecule has 1 saturated heterocycles. The van der Waals surface area contributed by atoms with E-state index in [0.29, 0.717) is 4.90 Å². The van der Waals surface area contributed by atoms with Crippen molar-refractivity contribution in [3.05, 3.63) is 71.2 Å². The van der Waals surface area contributed by atoms with Crippen molar-refractivity contribution >= 4 is 17.6 Å². The molecule has 1 fully saturated rings. The van der Waals surface area contributed by atoms with Crippen LogP contribution in [0.25, 0.3) is 16.0 Å². The van der Waals surface area contributed by atoms with Crippen molar-refractivity contribution in [3.8, 4) is 11.1 Å². The second-order valence-corrected chi connectivity index (χ2v) is 8.86. The maximum absolute atomic E-state index is 13.7. The zero-order chi connectivity index (χ0) is 24.6. The fourth-order valence-electron chi connectivity index (χ4n) is 3.68. The first kappa shape index (κ1) is 24.2. The molecule has 178 valence electrons. The highest BCUT2D eigenvalue weighted by Crippen LogP contribution is 2.41. The minimum atomic E-state index is -1.60. The second kappa shape index (κ2) is 9.73. The third-order valence-corrected chi connectivity index (χ3v) is 6.57. The quantitative estimate of drug-likeness (QED) is 0.372. The van der Waals surface area contributed by atoms with Crippen LogP contribution in [0.4, 0.5) is 19.0 Å². The molecule has 2 unspecified atom stereocenters. The van der Waals surface area contributed by atoms with Crippen molar-refractivity contribution in [1.82, 2.24) is 14.8 Å². The van der Waals surface area contributed by atoms with E-state index >= 15 is 0 Å². The van der Waals surface area contributed by atoms with Crippen LogP contribution in [-0.2, 0) is 4.74 Å². The molecule has 12 heteroatoms. The number of nitrogens with zero attached hydrogens (tertiary/aromatic N) is 4. The van der Waals surface area contributed by atoms with Crippen molar-refractivity contribution in [2.75, 3.05) is 6.61 Å². The molecule has 1 aromatic carbocycles. The van der Waals surface area contributed by atoms with E-state index in [0.717, 1.165) is 29.5 Å². The lowest BCUT2D eigenvalue weighted by Crippen LogP contribution is -2.54. The molecule has 0 amide bonds. The Morgan fingerprint density at radius 2 is 1.82 bits per heavy atom. The van der Waals surface area contributed by atoms with Crippen molar-refractivity contribution in [3.63, 3.8) is 0 Å². The highest BCUT2D eigenvalue weighted by molar-refractivity contribution is 8.00. The molecule has 34 heavy (non-hydrogen) atoms. The SMILES string of the molecule is [C-]#[N+]c1ncc(C)cc1S[C@H]1OC(CO)[C@H](O)[C@H](n2cc(-c3cc(F)c(F)c(F)c3)cn2)C1O. The fourth-order valence-corrected chi connectivity index (χ4v) is 4.89. The van der Waals surface area contributed by atoms with Crippen LogP contribution in [0.3, 0.4) is 0 Å². The maximum Gasteiger partial charge on any atom is 0.283 e. The molecular formula is C22H19F3N4O4S. The van der Waals surface area contributed by atoms with Gasteiger partial charge in [0.2, 0.25) is 0 Å². The molecule has 0 aliphatic carbocycles. The number of thioether (sulfide) groups is 1. The van der Waals surface area contributed by atoms with E-state index in [1.807, 2.05) is 0 Å². The first-order chi connectivity index (χ1) is 16.2. The Morgan fingerprint density at radius 1 is 1.12 bits per heavy atom. The highest BCUT2D eigenvalue weighted by Gasteiger charge is 2.46. The summed E-state index contributed by atoms with van der Waals surface area (Å²) in [5, 5.41) is 35.6. The summed E-state index contributed by atoms with van der Waals surface area (Å²) in [5.74, 6) is -4.22. The van der Waals surface area contributed by atoms with Crippen molar-refractivity contribution in [1.29, 1.82) is 0 Å². The summed E-state index contributed by atoms with van der Waals surface area (Å²) in [6.07, 6.45) is 0.278. The van der Waals surface area contributed by atoms with Gasteiger partial charge in [-0.3, -0.25) is 4.68 Å². The van der Waals surface area contributed by atoms with Gasteiger partial charge in [-0.15, -0.1) is 16.7 Å². The predicted octanol–water partition coefficient (Wildman–Crippen LogP) is 2.99. The molecule has 0 bridgehead atoms. The smallest absolute Gasteiger partial charge is 0.283 e. The van der Waals surface area contributed by atoms with Gasteiger partial charge in [0.25, 0.3) is 5.82 Å². The highest BCUT2D eigenvalue weighted by atomic mass is 32.2. The molecule has 3 N–H and O–H groups in total.